The van der Waals surface area contributed by atoms with Crippen LogP contribution < -0.4 is 5.32 Å². The van der Waals surface area contributed by atoms with Gasteiger partial charge in [0.1, 0.15) is 16.4 Å². The van der Waals surface area contributed by atoms with Gasteiger partial charge in [0.15, 0.2) is 0 Å². The number of carbonyl (C=O) groups is 2. The predicted octanol–water partition coefficient (Wildman–Crippen LogP) is 2.99. The van der Waals surface area contributed by atoms with Crippen molar-refractivity contribution in [3.05, 3.63) is 35.9 Å². The van der Waals surface area contributed by atoms with Crippen molar-refractivity contribution in [2.24, 2.45) is 5.92 Å². The fraction of sp³-hybridized carbons (Fsp3) is 0.714. The second-order valence-electron chi connectivity index (χ2n) is 12.1. The summed E-state index contributed by atoms with van der Waals surface area (Å²) >= 11 is 0. The highest BCUT2D eigenvalue weighted by Crippen LogP contribution is 2.49. The van der Waals surface area contributed by atoms with E-state index in [-0.39, 0.29) is 47.1 Å². The minimum absolute atomic E-state index is 0.00895. The number of hydrogen-bond acceptors (Lipinski definition) is 5. The van der Waals surface area contributed by atoms with Crippen molar-refractivity contribution >= 4 is 21.8 Å². The maximum Gasteiger partial charge on any atom is 0.321 e. The second kappa shape index (κ2) is 10.2. The number of rotatable bonds is 7. The summed E-state index contributed by atoms with van der Waals surface area (Å²) in [7, 11) is 1.33. The lowest BCUT2D eigenvalue weighted by atomic mass is 9.68. The molecule has 2 heterocycles. The molecule has 1 aromatic rings. The van der Waals surface area contributed by atoms with Gasteiger partial charge in [-0.15, -0.1) is 0 Å². The van der Waals surface area contributed by atoms with Gasteiger partial charge in [-0.2, -0.15) is 0 Å². The van der Waals surface area contributed by atoms with Gasteiger partial charge in [0.25, 0.3) is 0 Å². The molecule has 204 valence electrons. The van der Waals surface area contributed by atoms with E-state index in [1.54, 1.807) is 4.90 Å². The van der Waals surface area contributed by atoms with Crippen LogP contribution in [0.15, 0.2) is 30.3 Å². The molecule has 2 aliphatic carbocycles. The summed E-state index contributed by atoms with van der Waals surface area (Å²) in [5.41, 5.74) is 1.04. The van der Waals surface area contributed by atoms with E-state index in [1.165, 1.54) is 24.8 Å². The first-order valence-electron chi connectivity index (χ1n) is 13.9. The van der Waals surface area contributed by atoms with Crippen LogP contribution in [-0.2, 0) is 20.2 Å². The second-order valence-corrected chi connectivity index (χ2v) is 14.4. The highest BCUT2D eigenvalue weighted by atomic mass is 32.2. The van der Waals surface area contributed by atoms with E-state index in [4.69, 9.17) is 0 Å². The minimum atomic E-state index is -2.98. The Balaban J connectivity index is 1.29. The molecule has 1 N–H and O–H groups in total. The van der Waals surface area contributed by atoms with Crippen molar-refractivity contribution in [1.82, 2.24) is 20.0 Å². The van der Waals surface area contributed by atoms with Crippen LogP contribution in [0.5, 0.6) is 0 Å². The summed E-state index contributed by atoms with van der Waals surface area (Å²) in [5, 5.41) is 3.00. The number of amides is 3. The first kappa shape index (κ1) is 26.5. The van der Waals surface area contributed by atoms with Gasteiger partial charge in [-0.1, -0.05) is 36.8 Å². The van der Waals surface area contributed by atoms with Gasteiger partial charge in [0, 0.05) is 24.7 Å². The van der Waals surface area contributed by atoms with Gasteiger partial charge in [-0.25, -0.2) is 13.2 Å². The summed E-state index contributed by atoms with van der Waals surface area (Å²) in [6, 6.07) is 10.6. The van der Waals surface area contributed by atoms with Gasteiger partial charge in [-0.3, -0.25) is 9.69 Å². The number of nitrogens with one attached hydrogen (secondary N) is 1. The van der Waals surface area contributed by atoms with Crippen molar-refractivity contribution in [1.29, 1.82) is 0 Å². The molecule has 5 rings (SSSR count). The Morgan fingerprint density at radius 1 is 1.03 bits per heavy atom. The maximum absolute atomic E-state index is 13.7. The standard InChI is InChI=1S/C28H42N4O4S/c1-30(2)28(23-9-4-3-5-10-23)15-13-27(14-16-28)21-31(26(34)32(27)19-22-7-6-8-22)20-25(33)29-24-11-17-37(35,36)18-12-24/h3-5,9-10,22,24H,6-8,11-21H2,1-2H3,(H,29,33)/t27-,28+. The molecule has 2 saturated heterocycles. The summed E-state index contributed by atoms with van der Waals surface area (Å²) < 4.78 is 23.5. The molecule has 37 heavy (non-hydrogen) atoms. The summed E-state index contributed by atoms with van der Waals surface area (Å²) in [6.07, 6.45) is 8.25. The molecule has 2 aliphatic heterocycles. The average Bonchev–Trinajstić information content (AvgIpc) is 3.08. The van der Waals surface area contributed by atoms with E-state index in [0.29, 0.717) is 25.3 Å². The zero-order valence-electron chi connectivity index (χ0n) is 22.3. The van der Waals surface area contributed by atoms with Crippen molar-refractivity contribution in [2.45, 2.75) is 74.9 Å². The van der Waals surface area contributed by atoms with E-state index < -0.39 is 9.84 Å². The van der Waals surface area contributed by atoms with Crippen molar-refractivity contribution in [3.63, 3.8) is 0 Å². The fourth-order valence-corrected chi connectivity index (χ4v) is 8.48. The van der Waals surface area contributed by atoms with Gasteiger partial charge >= 0.3 is 6.03 Å². The van der Waals surface area contributed by atoms with E-state index in [1.807, 2.05) is 0 Å². The number of nitrogens with zero attached hydrogens (tertiary/aromatic N) is 3. The first-order chi connectivity index (χ1) is 17.6. The third kappa shape index (κ3) is 5.26. The first-order valence-corrected chi connectivity index (χ1v) is 15.7. The van der Waals surface area contributed by atoms with Crippen molar-refractivity contribution in [3.8, 4) is 0 Å². The molecule has 0 atom stereocenters. The van der Waals surface area contributed by atoms with E-state index in [0.717, 1.165) is 32.2 Å². The van der Waals surface area contributed by atoms with Crippen LogP contribution in [0.1, 0.15) is 63.4 Å². The highest BCUT2D eigenvalue weighted by molar-refractivity contribution is 7.91. The minimum Gasteiger partial charge on any atom is -0.352 e. The molecular formula is C28H42N4O4S. The number of hydrogen-bond donors (Lipinski definition) is 1. The molecule has 0 aromatic heterocycles. The van der Waals surface area contributed by atoms with Crippen LogP contribution in [0, 0.1) is 5.92 Å². The van der Waals surface area contributed by atoms with Crippen LogP contribution in [0.2, 0.25) is 0 Å². The third-order valence-corrected chi connectivity index (χ3v) is 11.4. The fourth-order valence-electron chi connectivity index (χ4n) is 6.99. The predicted molar refractivity (Wildman–Crippen MR) is 144 cm³/mol. The Morgan fingerprint density at radius 2 is 1.68 bits per heavy atom. The lowest BCUT2D eigenvalue weighted by Crippen LogP contribution is -2.56. The number of urea groups is 1. The Kier molecular flexibility index (Phi) is 7.31. The van der Waals surface area contributed by atoms with Gasteiger partial charge < -0.3 is 15.1 Å². The summed E-state index contributed by atoms with van der Waals surface area (Å²) in [6.45, 7) is 1.42. The maximum atomic E-state index is 13.7. The molecule has 1 aromatic carbocycles. The van der Waals surface area contributed by atoms with Crippen LogP contribution in [0.25, 0.3) is 0 Å². The molecule has 0 bridgehead atoms. The lowest BCUT2D eigenvalue weighted by molar-refractivity contribution is -0.122. The lowest BCUT2D eigenvalue weighted by Gasteiger charge is -2.51. The largest absolute Gasteiger partial charge is 0.352 e. The smallest absolute Gasteiger partial charge is 0.321 e. The molecule has 3 amide bonds. The zero-order valence-corrected chi connectivity index (χ0v) is 23.1. The Morgan fingerprint density at radius 3 is 2.24 bits per heavy atom. The molecule has 2 saturated carbocycles. The average molecular weight is 531 g/mol. The highest BCUT2D eigenvalue weighted by Gasteiger charge is 2.55. The number of carbonyl (C=O) groups excluding carboxylic acids is 2. The van der Waals surface area contributed by atoms with Crippen LogP contribution in [0.4, 0.5) is 4.79 Å². The van der Waals surface area contributed by atoms with E-state index >= 15 is 0 Å². The van der Waals surface area contributed by atoms with E-state index in [2.05, 4.69) is 59.5 Å². The number of sulfone groups is 1. The topological polar surface area (TPSA) is 90.0 Å². The molecule has 4 aliphatic rings. The molecule has 9 heteroatoms. The van der Waals surface area contributed by atoms with Gasteiger partial charge in [-0.05, 0) is 76.9 Å². The molecule has 0 radical (unpaired) electrons. The molecule has 1 spiro atoms. The normalized spacial score (nSPS) is 28.0. The Hall–Kier alpha value is -2.13. The molecule has 4 fully saturated rings. The molecular weight excluding hydrogens is 488 g/mol. The Labute approximate surface area is 221 Å². The van der Waals surface area contributed by atoms with Crippen molar-refractivity contribution in [2.75, 3.05) is 45.2 Å². The molecule has 0 unspecified atom stereocenters. The van der Waals surface area contributed by atoms with Crippen LogP contribution in [0.3, 0.4) is 0 Å². The van der Waals surface area contributed by atoms with Gasteiger partial charge in [0.2, 0.25) is 5.91 Å². The van der Waals surface area contributed by atoms with Gasteiger partial charge in [0.05, 0.1) is 17.0 Å². The van der Waals surface area contributed by atoms with Crippen LogP contribution in [-0.4, -0.2) is 91.9 Å². The third-order valence-electron chi connectivity index (χ3n) is 9.65. The number of benzene rings is 1. The Bertz CT molecular complexity index is 1080. The van der Waals surface area contributed by atoms with Crippen molar-refractivity contribution < 1.29 is 18.0 Å². The van der Waals surface area contributed by atoms with Crippen LogP contribution >= 0.6 is 0 Å². The SMILES string of the molecule is CN(C)[C@]1(c2ccccc2)CC[C@]2(CC1)CN(CC(=O)NC1CCS(=O)(=O)CC1)C(=O)N2CC1CCC1. The quantitative estimate of drug-likeness (QED) is 0.586. The molecule has 8 nitrogen and oxygen atoms in total. The summed E-state index contributed by atoms with van der Waals surface area (Å²) in [4.78, 5) is 32.9. The van der Waals surface area contributed by atoms with E-state index in [9.17, 15) is 18.0 Å². The summed E-state index contributed by atoms with van der Waals surface area (Å²) in [5.74, 6) is 0.622. The zero-order chi connectivity index (χ0) is 26.3. The monoisotopic (exact) mass is 530 g/mol.